The Bertz CT molecular complexity index is 1480. The fourth-order valence-electron chi connectivity index (χ4n) is 4.37. The molecule has 10 N–H and O–H groups in total. The van der Waals surface area contributed by atoms with E-state index < -0.39 is 69.3 Å². The maximum atomic E-state index is 14.5. The van der Waals surface area contributed by atoms with E-state index in [1.54, 1.807) is 13.8 Å². The van der Waals surface area contributed by atoms with E-state index in [-0.39, 0.29) is 25.9 Å². The number of Topliss-reactive ketones (excluding diaryl/α,β-unsaturated/α-hetero) is 3. The molecule has 0 aromatic heterocycles. The second kappa shape index (κ2) is 16.7. The molecule has 0 aliphatic rings. The lowest BCUT2D eigenvalue weighted by atomic mass is 9.90. The van der Waals surface area contributed by atoms with Gasteiger partial charge >= 0.3 is 0 Å². The van der Waals surface area contributed by atoms with Crippen LogP contribution in [-0.2, 0) is 34.4 Å². The largest absolute Gasteiger partial charge is 0.330 e. The fraction of sp³-hybridized carbons (Fsp3) is 0.483. The Hall–Kier alpha value is -2.31. The second-order valence-corrected chi connectivity index (χ2v) is 15.5. The Balaban J connectivity index is 2.77. The molecule has 0 amide bonds. The number of nitrogens with two attached hydrogens (primary N) is 4. The zero-order chi connectivity index (χ0) is 34.9. The van der Waals surface area contributed by atoms with Crippen LogP contribution < -0.4 is 32.4 Å². The minimum Gasteiger partial charge on any atom is -0.330 e. The number of aryl methyl sites for hydroxylation is 2. The first-order valence-corrected chi connectivity index (χ1v) is 18.2. The normalized spacial score (nSPS) is 16.2. The Kier molecular flexibility index (Phi) is 14.5. The summed E-state index contributed by atoms with van der Waals surface area (Å²) in [5.74, 6) is -4.61. The molecular formula is C29H42Cl2N6O7S2. The van der Waals surface area contributed by atoms with E-state index in [0.29, 0.717) is 36.8 Å². The molecule has 256 valence electrons. The SMILES string of the molecule is Cc1ccc(S(=O)(=O)NC(Cl)(C(=O)[C@@H](N)CCCCN)C(=O)C(Cl)(NS(=O)(=O)c2ccc(C)cc2)C(=O)[C@@H](N)CCCCN)cc1. The van der Waals surface area contributed by atoms with Crippen LogP contribution in [0.3, 0.4) is 0 Å². The summed E-state index contributed by atoms with van der Waals surface area (Å²) in [6.07, 6.45) is 1.30. The number of nitrogens with one attached hydrogen (secondary N) is 2. The van der Waals surface area contributed by atoms with E-state index in [0.717, 1.165) is 0 Å². The van der Waals surface area contributed by atoms with Gasteiger partial charge in [-0.05, 0) is 76.9 Å². The smallest absolute Gasteiger partial charge is 0.242 e. The van der Waals surface area contributed by atoms with E-state index in [2.05, 4.69) is 0 Å². The summed E-state index contributed by atoms with van der Waals surface area (Å²) in [6, 6.07) is 7.48. The third-order valence-corrected chi connectivity index (χ3v) is 11.2. The average Bonchev–Trinajstić information content (AvgIpc) is 2.99. The first-order valence-electron chi connectivity index (χ1n) is 14.5. The van der Waals surface area contributed by atoms with Crippen LogP contribution in [0.15, 0.2) is 58.3 Å². The highest BCUT2D eigenvalue weighted by Gasteiger charge is 2.61. The van der Waals surface area contributed by atoms with E-state index in [1.165, 1.54) is 48.5 Å². The molecule has 0 heterocycles. The third-order valence-electron chi connectivity index (χ3n) is 7.13. The number of halogens is 2. The molecule has 2 aromatic carbocycles. The van der Waals surface area contributed by atoms with Gasteiger partial charge in [-0.2, -0.15) is 9.44 Å². The second-order valence-electron chi connectivity index (χ2n) is 11.0. The highest BCUT2D eigenvalue weighted by atomic mass is 35.5. The van der Waals surface area contributed by atoms with Crippen LogP contribution in [0.5, 0.6) is 0 Å². The van der Waals surface area contributed by atoms with Gasteiger partial charge in [0.1, 0.15) is 0 Å². The highest BCUT2D eigenvalue weighted by Crippen LogP contribution is 2.32. The van der Waals surface area contributed by atoms with Crippen LogP contribution in [0.2, 0.25) is 0 Å². The van der Waals surface area contributed by atoms with Crippen molar-refractivity contribution in [1.82, 2.24) is 9.44 Å². The van der Waals surface area contributed by atoms with Crippen LogP contribution in [0.25, 0.3) is 0 Å². The molecule has 13 nitrogen and oxygen atoms in total. The molecule has 0 aliphatic carbocycles. The summed E-state index contributed by atoms with van der Waals surface area (Å²) in [5, 5.41) is 0. The lowest BCUT2D eigenvalue weighted by Gasteiger charge is -2.35. The molecule has 46 heavy (non-hydrogen) atoms. The minimum atomic E-state index is -4.80. The van der Waals surface area contributed by atoms with E-state index in [1.807, 2.05) is 9.44 Å². The number of alkyl halides is 2. The average molecular weight is 722 g/mol. The molecule has 2 rings (SSSR count). The maximum Gasteiger partial charge on any atom is 0.242 e. The molecule has 0 bridgehead atoms. The van der Waals surface area contributed by atoms with Crippen molar-refractivity contribution in [1.29, 1.82) is 0 Å². The van der Waals surface area contributed by atoms with Gasteiger partial charge in [0.05, 0.1) is 21.9 Å². The molecule has 0 saturated carbocycles. The molecule has 0 aliphatic heterocycles. The zero-order valence-electron chi connectivity index (χ0n) is 25.7. The lowest BCUT2D eigenvalue weighted by Crippen LogP contribution is -2.71. The Labute approximate surface area is 280 Å². The summed E-state index contributed by atoms with van der Waals surface area (Å²) < 4.78 is 57.9. The van der Waals surface area contributed by atoms with E-state index in [4.69, 9.17) is 46.1 Å². The van der Waals surface area contributed by atoms with Crippen LogP contribution in [0, 0.1) is 13.8 Å². The predicted molar refractivity (Wildman–Crippen MR) is 177 cm³/mol. The molecule has 17 heteroatoms. The number of ketones is 3. The van der Waals surface area contributed by atoms with Crippen molar-refractivity contribution in [2.24, 2.45) is 22.9 Å². The summed E-state index contributed by atoms with van der Waals surface area (Å²) in [5.41, 5.74) is 24.6. The number of unbranched alkanes of at least 4 members (excludes halogenated alkanes) is 2. The third kappa shape index (κ3) is 9.86. The van der Waals surface area contributed by atoms with Crippen molar-refractivity contribution in [2.45, 2.75) is 84.2 Å². The van der Waals surface area contributed by atoms with Gasteiger partial charge in [-0.25, -0.2) is 16.8 Å². The van der Waals surface area contributed by atoms with Gasteiger partial charge in [0.15, 0.2) is 11.6 Å². The molecule has 2 aromatic rings. The summed E-state index contributed by atoms with van der Waals surface area (Å²) in [7, 11) is -9.60. The molecule has 0 fully saturated rings. The van der Waals surface area contributed by atoms with Gasteiger partial charge in [0.25, 0.3) is 0 Å². The number of carbonyl (C=O) groups is 3. The molecule has 0 saturated heterocycles. The van der Waals surface area contributed by atoms with Crippen LogP contribution >= 0.6 is 23.2 Å². The zero-order valence-corrected chi connectivity index (χ0v) is 28.8. The van der Waals surface area contributed by atoms with Gasteiger partial charge in [0.2, 0.25) is 35.8 Å². The lowest BCUT2D eigenvalue weighted by molar-refractivity contribution is -0.138. The number of carbonyl (C=O) groups excluding carboxylic acids is 3. The predicted octanol–water partition coefficient (Wildman–Crippen LogP) is 1.05. The van der Waals surface area contributed by atoms with Gasteiger partial charge < -0.3 is 22.9 Å². The number of hydrogen-bond donors (Lipinski definition) is 6. The first kappa shape index (κ1) is 39.9. The van der Waals surface area contributed by atoms with Crippen molar-refractivity contribution in [3.05, 3.63) is 59.7 Å². The van der Waals surface area contributed by atoms with E-state index >= 15 is 0 Å². The molecule has 2 unspecified atom stereocenters. The van der Waals surface area contributed by atoms with Crippen molar-refractivity contribution < 1.29 is 31.2 Å². The van der Waals surface area contributed by atoms with Crippen molar-refractivity contribution in [3.63, 3.8) is 0 Å². The number of sulfonamides is 2. The molecule has 0 spiro atoms. The Morgan fingerprint density at radius 2 is 0.957 bits per heavy atom. The van der Waals surface area contributed by atoms with E-state index in [9.17, 15) is 31.2 Å². The van der Waals surface area contributed by atoms with Gasteiger partial charge in [-0.3, -0.25) is 14.4 Å². The quantitative estimate of drug-likeness (QED) is 0.0488. The van der Waals surface area contributed by atoms with Gasteiger partial charge in [-0.15, -0.1) is 0 Å². The molecule has 4 atom stereocenters. The topological polar surface area (TPSA) is 248 Å². The molecule has 0 radical (unpaired) electrons. The van der Waals surface area contributed by atoms with Crippen LogP contribution in [0.1, 0.15) is 49.7 Å². The monoisotopic (exact) mass is 720 g/mol. The summed E-state index contributed by atoms with van der Waals surface area (Å²) >= 11 is 13.3. The minimum absolute atomic E-state index is 0.0824. The highest BCUT2D eigenvalue weighted by molar-refractivity contribution is 7.90. The van der Waals surface area contributed by atoms with Crippen LogP contribution in [-0.4, -0.2) is 69.4 Å². The van der Waals surface area contributed by atoms with Crippen molar-refractivity contribution in [3.8, 4) is 0 Å². The first-order chi connectivity index (χ1) is 21.4. The molecular weight excluding hydrogens is 679 g/mol. The fourth-order valence-corrected chi connectivity index (χ4v) is 7.94. The van der Waals surface area contributed by atoms with Crippen molar-refractivity contribution in [2.75, 3.05) is 13.1 Å². The van der Waals surface area contributed by atoms with Crippen molar-refractivity contribution >= 4 is 60.6 Å². The summed E-state index contributed by atoms with van der Waals surface area (Å²) in [4.78, 5) is 34.6. The standard InChI is InChI=1S/C29H42Cl2N6O7S2/c1-19-9-13-21(14-10-19)45(41,42)36-28(30,25(38)23(34)7-3-5-17-32)27(40)29(31,26(39)24(35)8-4-6-18-33)37-46(43,44)22-15-11-20(2)12-16-22/h9-16,23-24,36-37H,3-8,17-18,32-35H2,1-2H3/t23-,24-,28?,29?/m0/s1. The Morgan fingerprint density at radius 3 is 1.24 bits per heavy atom. The Morgan fingerprint density at radius 1 is 0.652 bits per heavy atom. The number of benzene rings is 2. The van der Waals surface area contributed by atoms with Crippen LogP contribution in [0.4, 0.5) is 0 Å². The summed E-state index contributed by atoms with van der Waals surface area (Å²) in [6.45, 7) is 3.92. The van der Waals surface area contributed by atoms with Gasteiger partial charge in [0, 0.05) is 0 Å². The number of rotatable bonds is 20. The van der Waals surface area contributed by atoms with Gasteiger partial charge in [-0.1, -0.05) is 71.4 Å². The number of hydrogen-bond acceptors (Lipinski definition) is 11. The maximum absolute atomic E-state index is 14.5.